The molecule has 0 radical (unpaired) electrons. The Kier molecular flexibility index (Phi) is 6.41. The molecule has 0 saturated heterocycles. The molecule has 0 bridgehead atoms. The van der Waals surface area contributed by atoms with Gasteiger partial charge in [-0.3, -0.25) is 0 Å². The summed E-state index contributed by atoms with van der Waals surface area (Å²) < 4.78 is 0. The SMILES string of the molecule is C\C(C#CC1(O)C(C)CCCC1(C)C)=C/C=C/C(C)=C/C(=O)O. The third-order valence-electron chi connectivity index (χ3n) is 4.69. The van der Waals surface area contributed by atoms with Gasteiger partial charge in [0.1, 0.15) is 5.60 Å². The Bertz CT molecular complexity index is 596. The van der Waals surface area contributed by atoms with E-state index < -0.39 is 11.6 Å². The van der Waals surface area contributed by atoms with E-state index in [0.29, 0.717) is 5.57 Å². The van der Waals surface area contributed by atoms with E-state index in [0.717, 1.165) is 30.9 Å². The third kappa shape index (κ3) is 5.11. The summed E-state index contributed by atoms with van der Waals surface area (Å²) in [7, 11) is 0. The molecule has 0 amide bonds. The smallest absolute Gasteiger partial charge is 0.328 e. The van der Waals surface area contributed by atoms with Crippen LogP contribution in [0, 0.1) is 23.2 Å². The van der Waals surface area contributed by atoms with Crippen molar-refractivity contribution in [3.8, 4) is 11.8 Å². The molecule has 0 aromatic carbocycles. The predicted octanol–water partition coefficient (Wildman–Crippen LogP) is 4.10. The Hall–Kier alpha value is -1.79. The minimum atomic E-state index is -0.969. The number of allylic oxidation sites excluding steroid dienone is 5. The summed E-state index contributed by atoms with van der Waals surface area (Å²) in [6.07, 6.45) is 9.58. The number of rotatable bonds is 3. The zero-order valence-electron chi connectivity index (χ0n) is 14.8. The normalized spacial score (nSPS) is 28.3. The van der Waals surface area contributed by atoms with Crippen LogP contribution in [0.5, 0.6) is 0 Å². The summed E-state index contributed by atoms with van der Waals surface area (Å²) in [6, 6.07) is 0. The zero-order valence-corrected chi connectivity index (χ0v) is 14.8. The van der Waals surface area contributed by atoms with Gasteiger partial charge in [-0.2, -0.15) is 0 Å². The van der Waals surface area contributed by atoms with Crippen LogP contribution in [0.15, 0.2) is 35.5 Å². The van der Waals surface area contributed by atoms with Gasteiger partial charge in [0.15, 0.2) is 0 Å². The Morgan fingerprint density at radius 3 is 2.52 bits per heavy atom. The monoisotopic (exact) mass is 316 g/mol. The van der Waals surface area contributed by atoms with Crippen LogP contribution >= 0.6 is 0 Å². The van der Waals surface area contributed by atoms with Crippen LogP contribution in [0.3, 0.4) is 0 Å². The topological polar surface area (TPSA) is 57.5 Å². The highest BCUT2D eigenvalue weighted by Gasteiger charge is 2.48. The van der Waals surface area contributed by atoms with Gasteiger partial charge < -0.3 is 10.2 Å². The van der Waals surface area contributed by atoms with Crippen molar-refractivity contribution in [2.24, 2.45) is 11.3 Å². The van der Waals surface area contributed by atoms with Crippen molar-refractivity contribution in [1.29, 1.82) is 0 Å². The highest BCUT2D eigenvalue weighted by atomic mass is 16.4. The minimum Gasteiger partial charge on any atom is -0.478 e. The van der Waals surface area contributed by atoms with Gasteiger partial charge in [-0.1, -0.05) is 57.3 Å². The van der Waals surface area contributed by atoms with Crippen LogP contribution in [0.1, 0.15) is 53.9 Å². The number of carbonyl (C=O) groups is 1. The molecule has 1 aliphatic rings. The highest BCUT2D eigenvalue weighted by molar-refractivity contribution is 5.81. The quantitative estimate of drug-likeness (QED) is 0.468. The molecule has 126 valence electrons. The second-order valence-electron chi connectivity index (χ2n) is 7.13. The van der Waals surface area contributed by atoms with Gasteiger partial charge in [0, 0.05) is 11.5 Å². The van der Waals surface area contributed by atoms with E-state index in [4.69, 9.17) is 5.11 Å². The molecule has 0 aliphatic heterocycles. The molecule has 1 rings (SSSR count). The molecule has 1 fully saturated rings. The van der Waals surface area contributed by atoms with Crippen molar-refractivity contribution in [3.05, 3.63) is 35.5 Å². The molecule has 1 saturated carbocycles. The average Bonchev–Trinajstić information content (AvgIpc) is 2.42. The Balaban J connectivity index is 2.90. The standard InChI is InChI=1S/C20H28O3/c1-15(8-6-9-16(2)14-18(21)22)11-13-20(23)17(3)10-7-12-19(20,4)5/h6,8-9,14,17,23H,7,10,12H2,1-5H3,(H,21,22)/b9-6+,15-8+,16-14+. The van der Waals surface area contributed by atoms with E-state index >= 15 is 0 Å². The Morgan fingerprint density at radius 1 is 1.30 bits per heavy atom. The van der Waals surface area contributed by atoms with Crippen LogP contribution in [0.4, 0.5) is 0 Å². The highest BCUT2D eigenvalue weighted by Crippen LogP contribution is 2.46. The van der Waals surface area contributed by atoms with Gasteiger partial charge in [-0.25, -0.2) is 4.79 Å². The summed E-state index contributed by atoms with van der Waals surface area (Å²) in [5.74, 6) is 5.37. The number of hydrogen-bond acceptors (Lipinski definition) is 2. The largest absolute Gasteiger partial charge is 0.478 e. The first kappa shape index (κ1) is 19.3. The van der Waals surface area contributed by atoms with Crippen molar-refractivity contribution >= 4 is 5.97 Å². The van der Waals surface area contributed by atoms with Gasteiger partial charge in [-0.05, 0) is 43.8 Å². The molecule has 0 aromatic heterocycles. The molecule has 23 heavy (non-hydrogen) atoms. The molecule has 2 N–H and O–H groups in total. The van der Waals surface area contributed by atoms with Gasteiger partial charge in [0.2, 0.25) is 0 Å². The van der Waals surface area contributed by atoms with E-state index in [9.17, 15) is 9.90 Å². The van der Waals surface area contributed by atoms with Crippen molar-refractivity contribution < 1.29 is 15.0 Å². The molecule has 3 heteroatoms. The van der Waals surface area contributed by atoms with E-state index in [-0.39, 0.29) is 11.3 Å². The van der Waals surface area contributed by atoms with Crippen LogP contribution in [-0.4, -0.2) is 21.8 Å². The van der Waals surface area contributed by atoms with Crippen molar-refractivity contribution in [1.82, 2.24) is 0 Å². The molecule has 0 aromatic rings. The lowest BCUT2D eigenvalue weighted by Gasteiger charge is -2.47. The Labute approximate surface area is 139 Å². The summed E-state index contributed by atoms with van der Waals surface area (Å²) >= 11 is 0. The number of hydrogen-bond donors (Lipinski definition) is 2. The van der Waals surface area contributed by atoms with Crippen LogP contribution in [-0.2, 0) is 4.79 Å². The second kappa shape index (κ2) is 7.66. The molecule has 0 spiro atoms. The third-order valence-corrected chi connectivity index (χ3v) is 4.69. The van der Waals surface area contributed by atoms with E-state index in [1.54, 1.807) is 19.1 Å². The number of aliphatic hydroxyl groups is 1. The number of aliphatic carboxylic acids is 1. The fraction of sp³-hybridized carbons (Fsp3) is 0.550. The molecule has 3 nitrogen and oxygen atoms in total. The van der Waals surface area contributed by atoms with E-state index in [1.807, 2.05) is 13.0 Å². The lowest BCUT2D eigenvalue weighted by Crippen LogP contribution is -2.51. The Morgan fingerprint density at radius 2 is 1.96 bits per heavy atom. The minimum absolute atomic E-state index is 0.155. The van der Waals surface area contributed by atoms with Crippen LogP contribution < -0.4 is 0 Å². The van der Waals surface area contributed by atoms with Crippen LogP contribution in [0.2, 0.25) is 0 Å². The first-order chi connectivity index (χ1) is 10.6. The predicted molar refractivity (Wildman–Crippen MR) is 93.8 cm³/mol. The van der Waals surface area contributed by atoms with Gasteiger partial charge in [-0.15, -0.1) is 0 Å². The lowest BCUT2D eigenvalue weighted by atomic mass is 9.61. The van der Waals surface area contributed by atoms with Gasteiger partial charge in [0.25, 0.3) is 0 Å². The van der Waals surface area contributed by atoms with Gasteiger partial charge in [0.05, 0.1) is 0 Å². The van der Waals surface area contributed by atoms with E-state index in [1.165, 1.54) is 0 Å². The summed E-state index contributed by atoms with van der Waals surface area (Å²) in [6.45, 7) is 9.84. The van der Waals surface area contributed by atoms with Gasteiger partial charge >= 0.3 is 5.97 Å². The lowest BCUT2D eigenvalue weighted by molar-refractivity contribution is -0.131. The maximum atomic E-state index is 11.0. The number of carboxylic acids is 1. The maximum Gasteiger partial charge on any atom is 0.328 e. The molecule has 1 aliphatic carbocycles. The first-order valence-corrected chi connectivity index (χ1v) is 8.10. The van der Waals surface area contributed by atoms with Crippen molar-refractivity contribution in [2.75, 3.05) is 0 Å². The summed E-state index contributed by atoms with van der Waals surface area (Å²) in [4.78, 5) is 10.5. The summed E-state index contributed by atoms with van der Waals surface area (Å²) in [5.41, 5.74) is 0.319. The fourth-order valence-electron chi connectivity index (χ4n) is 3.03. The van der Waals surface area contributed by atoms with Crippen LogP contribution in [0.25, 0.3) is 0 Å². The zero-order chi connectivity index (χ0) is 17.7. The molecule has 0 heterocycles. The molecular weight excluding hydrogens is 288 g/mol. The average molecular weight is 316 g/mol. The second-order valence-corrected chi connectivity index (χ2v) is 7.13. The van der Waals surface area contributed by atoms with Crippen molar-refractivity contribution in [2.45, 2.75) is 59.5 Å². The first-order valence-electron chi connectivity index (χ1n) is 8.10. The molecule has 2 unspecified atom stereocenters. The van der Waals surface area contributed by atoms with Crippen molar-refractivity contribution in [3.63, 3.8) is 0 Å². The molecular formula is C20H28O3. The summed E-state index contributed by atoms with van der Waals surface area (Å²) in [5, 5.41) is 19.7. The fourth-order valence-corrected chi connectivity index (χ4v) is 3.03. The number of carboxylic acid groups (broad SMARTS) is 1. The maximum absolute atomic E-state index is 11.0. The van der Waals surface area contributed by atoms with E-state index in [2.05, 4.69) is 32.6 Å². The molecule has 2 atom stereocenters.